The Morgan fingerprint density at radius 3 is 2.81 bits per heavy atom. The van der Waals surface area contributed by atoms with E-state index >= 15 is 0 Å². The topological polar surface area (TPSA) is 58.6 Å². The molecule has 0 aliphatic carbocycles. The molecule has 0 spiro atoms. The molecule has 1 heterocycles. The largest absolute Gasteiger partial charge is 0.480 e. The van der Waals surface area contributed by atoms with Gasteiger partial charge >= 0.3 is 0 Å². The van der Waals surface area contributed by atoms with Crippen molar-refractivity contribution in [3.05, 3.63) is 28.8 Å². The lowest BCUT2D eigenvalue weighted by molar-refractivity contribution is -0.128. The van der Waals surface area contributed by atoms with Gasteiger partial charge in [0.1, 0.15) is 5.75 Å². The number of nitrogens with one attached hydrogen (secondary N) is 1. The smallest absolute Gasteiger partial charge is 0.261 e. The Labute approximate surface area is 130 Å². The van der Waals surface area contributed by atoms with Crippen molar-refractivity contribution in [1.29, 1.82) is 0 Å². The summed E-state index contributed by atoms with van der Waals surface area (Å²) in [5.74, 6) is 0.584. The number of hydrogen-bond acceptors (Lipinski definition) is 3. The highest BCUT2D eigenvalue weighted by Crippen LogP contribution is 2.31. The molecule has 5 heteroatoms. The minimum atomic E-state index is -0.511. The molecule has 0 radical (unpaired) electrons. The molecular weight excluding hydrogens is 290 g/mol. The van der Waals surface area contributed by atoms with Crippen LogP contribution in [0.15, 0.2) is 18.2 Å². The molecule has 116 valence electrons. The van der Waals surface area contributed by atoms with Crippen LogP contribution < -0.4 is 10.1 Å². The van der Waals surface area contributed by atoms with E-state index in [9.17, 15) is 9.90 Å². The van der Waals surface area contributed by atoms with Crippen molar-refractivity contribution in [1.82, 2.24) is 5.32 Å². The van der Waals surface area contributed by atoms with Crippen LogP contribution in [-0.4, -0.2) is 30.3 Å². The van der Waals surface area contributed by atoms with Crippen molar-refractivity contribution in [2.75, 3.05) is 13.2 Å². The van der Waals surface area contributed by atoms with E-state index in [1.807, 2.05) is 19.9 Å². The van der Waals surface area contributed by atoms with Gasteiger partial charge in [-0.05, 0) is 36.6 Å². The Kier molecular flexibility index (Phi) is 5.12. The van der Waals surface area contributed by atoms with Crippen molar-refractivity contribution < 1.29 is 14.6 Å². The lowest BCUT2D eigenvalue weighted by atomic mass is 9.83. The summed E-state index contributed by atoms with van der Waals surface area (Å²) in [5, 5.41) is 13.1. The van der Waals surface area contributed by atoms with Gasteiger partial charge in [0.2, 0.25) is 0 Å². The fraction of sp³-hybridized carbons (Fsp3) is 0.562. The van der Waals surface area contributed by atoms with E-state index in [0.29, 0.717) is 18.0 Å². The molecule has 0 saturated carbocycles. The van der Waals surface area contributed by atoms with Crippen LogP contribution in [0.5, 0.6) is 5.75 Å². The van der Waals surface area contributed by atoms with Gasteiger partial charge in [-0.2, -0.15) is 0 Å². The van der Waals surface area contributed by atoms with Crippen LogP contribution in [0.3, 0.4) is 0 Å². The average molecular weight is 312 g/mol. The van der Waals surface area contributed by atoms with Crippen molar-refractivity contribution in [2.24, 2.45) is 5.41 Å². The molecule has 0 fully saturated rings. The third kappa shape index (κ3) is 3.50. The second-order valence-corrected chi connectivity index (χ2v) is 6.08. The van der Waals surface area contributed by atoms with Gasteiger partial charge in [0.05, 0.1) is 6.61 Å². The van der Waals surface area contributed by atoms with Crippen LogP contribution in [0.4, 0.5) is 0 Å². The number of rotatable bonds is 6. The summed E-state index contributed by atoms with van der Waals surface area (Å²) in [6, 6.07) is 5.38. The summed E-state index contributed by atoms with van der Waals surface area (Å²) >= 11 is 5.94. The zero-order chi connectivity index (χ0) is 15.5. The summed E-state index contributed by atoms with van der Waals surface area (Å²) in [4.78, 5) is 12.2. The molecule has 1 aliphatic heterocycles. The van der Waals surface area contributed by atoms with Gasteiger partial charge in [0.15, 0.2) is 6.10 Å². The molecular formula is C16H22ClNO3. The maximum absolute atomic E-state index is 12.2. The number of fused-ring (bicyclic) bond motifs is 1. The van der Waals surface area contributed by atoms with Crippen molar-refractivity contribution in [3.8, 4) is 5.75 Å². The monoisotopic (exact) mass is 311 g/mol. The van der Waals surface area contributed by atoms with E-state index in [-0.39, 0.29) is 17.9 Å². The molecule has 1 atom stereocenters. The second-order valence-electron chi connectivity index (χ2n) is 5.65. The van der Waals surface area contributed by atoms with Crippen molar-refractivity contribution >= 4 is 17.5 Å². The van der Waals surface area contributed by atoms with Crippen LogP contribution >= 0.6 is 11.6 Å². The molecule has 4 nitrogen and oxygen atoms in total. The second kappa shape index (κ2) is 6.67. The average Bonchev–Trinajstić information content (AvgIpc) is 2.92. The molecule has 1 aromatic rings. The number of aliphatic hydroxyl groups excluding tert-OH is 1. The highest BCUT2D eigenvalue weighted by Gasteiger charge is 2.31. The van der Waals surface area contributed by atoms with E-state index in [4.69, 9.17) is 16.3 Å². The van der Waals surface area contributed by atoms with Crippen LogP contribution in [-0.2, 0) is 11.2 Å². The number of benzene rings is 1. The molecule has 1 aromatic carbocycles. The SMILES string of the molecule is CCC(CC)(CO)CNC(=O)C1Cc2cc(Cl)ccc2O1. The Hall–Kier alpha value is -1.26. The van der Waals surface area contributed by atoms with Gasteiger partial charge in [0.25, 0.3) is 5.91 Å². The molecule has 0 saturated heterocycles. The Morgan fingerprint density at radius 1 is 1.48 bits per heavy atom. The summed E-state index contributed by atoms with van der Waals surface area (Å²) < 4.78 is 5.66. The van der Waals surface area contributed by atoms with Gasteiger partial charge in [0, 0.05) is 23.4 Å². The number of carbonyl (C=O) groups is 1. The lowest BCUT2D eigenvalue weighted by Gasteiger charge is -2.29. The molecule has 1 amide bonds. The third-order valence-electron chi connectivity index (χ3n) is 4.46. The number of aliphatic hydroxyl groups is 1. The van der Waals surface area contributed by atoms with E-state index < -0.39 is 6.10 Å². The molecule has 21 heavy (non-hydrogen) atoms. The first-order valence-corrected chi connectivity index (χ1v) is 7.75. The van der Waals surface area contributed by atoms with Gasteiger partial charge in [-0.1, -0.05) is 25.4 Å². The zero-order valence-corrected chi connectivity index (χ0v) is 13.2. The van der Waals surface area contributed by atoms with Gasteiger partial charge in [-0.15, -0.1) is 0 Å². The maximum Gasteiger partial charge on any atom is 0.261 e. The van der Waals surface area contributed by atoms with Gasteiger partial charge in [-0.3, -0.25) is 4.79 Å². The first-order valence-electron chi connectivity index (χ1n) is 7.37. The molecule has 0 bridgehead atoms. The van der Waals surface area contributed by atoms with E-state index in [0.717, 1.165) is 24.2 Å². The number of amides is 1. The Balaban J connectivity index is 1.94. The highest BCUT2D eigenvalue weighted by molar-refractivity contribution is 6.30. The van der Waals surface area contributed by atoms with Crippen molar-refractivity contribution in [2.45, 2.75) is 39.2 Å². The maximum atomic E-state index is 12.2. The first-order chi connectivity index (χ1) is 10.0. The summed E-state index contributed by atoms with van der Waals surface area (Å²) in [5.41, 5.74) is 0.715. The molecule has 0 aromatic heterocycles. The van der Waals surface area contributed by atoms with E-state index in [1.54, 1.807) is 12.1 Å². The number of halogens is 1. The lowest BCUT2D eigenvalue weighted by Crippen LogP contribution is -2.44. The summed E-state index contributed by atoms with van der Waals surface area (Å²) in [6.45, 7) is 4.58. The quantitative estimate of drug-likeness (QED) is 0.849. The normalized spacial score (nSPS) is 17.2. The zero-order valence-electron chi connectivity index (χ0n) is 12.5. The standard InChI is InChI=1S/C16H22ClNO3/c1-3-16(4-2,10-19)9-18-15(20)14-8-11-7-12(17)5-6-13(11)21-14/h5-7,14,19H,3-4,8-10H2,1-2H3,(H,18,20). The minimum absolute atomic E-state index is 0.0711. The predicted molar refractivity (Wildman–Crippen MR) is 82.7 cm³/mol. The minimum Gasteiger partial charge on any atom is -0.480 e. The van der Waals surface area contributed by atoms with Crippen molar-refractivity contribution in [3.63, 3.8) is 0 Å². The third-order valence-corrected chi connectivity index (χ3v) is 4.70. The molecule has 2 rings (SSSR count). The number of hydrogen-bond donors (Lipinski definition) is 2. The molecule has 1 unspecified atom stereocenters. The summed E-state index contributed by atoms with van der Waals surface area (Å²) in [7, 11) is 0. The first kappa shape index (κ1) is 16.1. The van der Waals surface area contributed by atoms with Crippen LogP contribution in [0.25, 0.3) is 0 Å². The Morgan fingerprint density at radius 2 is 2.19 bits per heavy atom. The van der Waals surface area contributed by atoms with E-state index in [2.05, 4.69) is 5.32 Å². The number of ether oxygens (including phenoxy) is 1. The van der Waals surface area contributed by atoms with Crippen LogP contribution in [0, 0.1) is 5.41 Å². The Bertz CT molecular complexity index is 506. The van der Waals surface area contributed by atoms with E-state index in [1.165, 1.54) is 0 Å². The summed E-state index contributed by atoms with van der Waals surface area (Å²) in [6.07, 6.45) is 1.67. The molecule has 2 N–H and O–H groups in total. The van der Waals surface area contributed by atoms with Crippen LogP contribution in [0.2, 0.25) is 5.02 Å². The van der Waals surface area contributed by atoms with Gasteiger partial charge < -0.3 is 15.2 Å². The highest BCUT2D eigenvalue weighted by atomic mass is 35.5. The van der Waals surface area contributed by atoms with Gasteiger partial charge in [-0.25, -0.2) is 0 Å². The predicted octanol–water partition coefficient (Wildman–Crippen LogP) is 2.56. The molecule has 1 aliphatic rings. The van der Waals surface area contributed by atoms with Crippen LogP contribution in [0.1, 0.15) is 32.3 Å². The fourth-order valence-corrected chi connectivity index (χ4v) is 2.73. The number of carbonyl (C=O) groups excluding carboxylic acids is 1. The fourth-order valence-electron chi connectivity index (χ4n) is 2.53.